The van der Waals surface area contributed by atoms with Gasteiger partial charge in [0.25, 0.3) is 0 Å². The Hall–Kier alpha value is -2.28. The van der Waals surface area contributed by atoms with Crippen LogP contribution >= 0.6 is 0 Å². The Balaban J connectivity index is 1.95. The topological polar surface area (TPSA) is 3.24 Å². The number of fused-ring (bicyclic) bond motifs is 3. The SMILES string of the molecule is Cc1cccc2c1N(c1ccccc1)C1C=CC=CC21. The summed E-state index contributed by atoms with van der Waals surface area (Å²) in [6.45, 7) is 2.21. The third kappa shape index (κ3) is 1.56. The summed E-state index contributed by atoms with van der Waals surface area (Å²) in [4.78, 5) is 2.48. The minimum atomic E-state index is 0.401. The molecular weight excluding hydrogens is 242 g/mol. The van der Waals surface area contributed by atoms with Crippen LogP contribution in [0.25, 0.3) is 0 Å². The van der Waals surface area contributed by atoms with Gasteiger partial charge in [0.1, 0.15) is 0 Å². The molecule has 1 nitrogen and oxygen atoms in total. The summed E-state index contributed by atoms with van der Waals surface area (Å²) in [6, 6.07) is 17.8. The van der Waals surface area contributed by atoms with Gasteiger partial charge in [0.05, 0.1) is 6.04 Å². The normalized spacial score (nSPS) is 22.8. The first-order chi connectivity index (χ1) is 9.86. The number of hydrogen-bond acceptors (Lipinski definition) is 1. The molecule has 20 heavy (non-hydrogen) atoms. The monoisotopic (exact) mass is 259 g/mol. The van der Waals surface area contributed by atoms with Crippen LogP contribution in [-0.2, 0) is 0 Å². The Bertz CT molecular complexity index is 697. The number of para-hydroxylation sites is 2. The van der Waals surface area contributed by atoms with Gasteiger partial charge in [-0.15, -0.1) is 0 Å². The minimum absolute atomic E-state index is 0.401. The van der Waals surface area contributed by atoms with E-state index in [9.17, 15) is 0 Å². The predicted octanol–water partition coefficient (Wildman–Crippen LogP) is 4.72. The molecule has 4 rings (SSSR count). The number of benzene rings is 2. The Morgan fingerprint density at radius 1 is 0.850 bits per heavy atom. The van der Waals surface area contributed by atoms with Gasteiger partial charge in [0, 0.05) is 17.3 Å². The van der Waals surface area contributed by atoms with Crippen LogP contribution in [0, 0.1) is 6.92 Å². The Kier molecular flexibility index (Phi) is 2.53. The van der Waals surface area contributed by atoms with Crippen molar-refractivity contribution in [2.24, 2.45) is 0 Å². The second-order valence-corrected chi connectivity index (χ2v) is 5.50. The molecule has 0 radical (unpaired) electrons. The largest absolute Gasteiger partial charge is 0.333 e. The molecule has 0 saturated heterocycles. The zero-order valence-electron chi connectivity index (χ0n) is 11.5. The number of hydrogen-bond donors (Lipinski definition) is 0. The van der Waals surface area contributed by atoms with Gasteiger partial charge in [-0.05, 0) is 30.2 Å². The van der Waals surface area contributed by atoms with Crippen LogP contribution in [0.15, 0.2) is 72.8 Å². The molecular formula is C19H17N. The van der Waals surface area contributed by atoms with E-state index < -0.39 is 0 Å². The van der Waals surface area contributed by atoms with Gasteiger partial charge in [0.2, 0.25) is 0 Å². The molecule has 2 aliphatic rings. The van der Waals surface area contributed by atoms with E-state index in [0.717, 1.165) is 0 Å². The highest BCUT2D eigenvalue weighted by atomic mass is 15.2. The standard InChI is InChI=1S/C19H17N/c1-14-8-7-12-17-16-11-5-6-13-18(16)20(19(14)17)15-9-3-2-4-10-15/h2-13,16,18H,1H3. The number of aryl methyl sites for hydroxylation is 1. The van der Waals surface area contributed by atoms with E-state index in [1.54, 1.807) is 0 Å². The third-order valence-corrected chi connectivity index (χ3v) is 4.31. The van der Waals surface area contributed by atoms with E-state index in [2.05, 4.69) is 84.7 Å². The highest BCUT2D eigenvalue weighted by molar-refractivity contribution is 5.77. The van der Waals surface area contributed by atoms with Gasteiger partial charge in [-0.2, -0.15) is 0 Å². The van der Waals surface area contributed by atoms with Gasteiger partial charge in [-0.25, -0.2) is 0 Å². The molecule has 2 unspecified atom stereocenters. The Morgan fingerprint density at radius 3 is 2.50 bits per heavy atom. The van der Waals surface area contributed by atoms with Gasteiger partial charge in [-0.1, -0.05) is 60.7 Å². The molecule has 0 spiro atoms. The maximum absolute atomic E-state index is 2.48. The van der Waals surface area contributed by atoms with Crippen molar-refractivity contribution in [1.82, 2.24) is 0 Å². The quantitative estimate of drug-likeness (QED) is 0.716. The number of anilines is 2. The summed E-state index contributed by atoms with van der Waals surface area (Å²) in [7, 11) is 0. The van der Waals surface area contributed by atoms with E-state index in [0.29, 0.717) is 12.0 Å². The van der Waals surface area contributed by atoms with Crippen LogP contribution in [0.4, 0.5) is 11.4 Å². The lowest BCUT2D eigenvalue weighted by Crippen LogP contribution is -2.28. The molecule has 0 amide bonds. The van der Waals surface area contributed by atoms with E-state index in [1.807, 2.05) is 0 Å². The third-order valence-electron chi connectivity index (χ3n) is 4.31. The average Bonchev–Trinajstić information content (AvgIpc) is 2.84. The van der Waals surface area contributed by atoms with Crippen molar-refractivity contribution in [2.75, 3.05) is 4.90 Å². The highest BCUT2D eigenvalue weighted by Crippen LogP contribution is 2.48. The van der Waals surface area contributed by atoms with Crippen molar-refractivity contribution in [2.45, 2.75) is 18.9 Å². The summed E-state index contributed by atoms with van der Waals surface area (Å²) < 4.78 is 0. The predicted molar refractivity (Wildman–Crippen MR) is 84.6 cm³/mol. The van der Waals surface area contributed by atoms with Crippen LogP contribution < -0.4 is 4.90 Å². The summed E-state index contributed by atoms with van der Waals surface area (Å²) in [5.74, 6) is 0.468. The summed E-state index contributed by atoms with van der Waals surface area (Å²) in [5.41, 5.74) is 5.45. The highest BCUT2D eigenvalue weighted by Gasteiger charge is 2.37. The van der Waals surface area contributed by atoms with Crippen LogP contribution in [0.3, 0.4) is 0 Å². The fraction of sp³-hybridized carbons (Fsp3) is 0.158. The Labute approximate surface area is 119 Å². The zero-order valence-corrected chi connectivity index (χ0v) is 11.5. The molecule has 2 atom stereocenters. The van der Waals surface area contributed by atoms with Crippen molar-refractivity contribution in [3.63, 3.8) is 0 Å². The summed E-state index contributed by atoms with van der Waals surface area (Å²) >= 11 is 0. The lowest BCUT2D eigenvalue weighted by atomic mass is 9.91. The first kappa shape index (κ1) is 11.5. The molecule has 1 aliphatic heterocycles. The van der Waals surface area contributed by atoms with Crippen molar-refractivity contribution in [3.8, 4) is 0 Å². The van der Waals surface area contributed by atoms with Crippen molar-refractivity contribution in [3.05, 3.63) is 84.0 Å². The number of rotatable bonds is 1. The molecule has 0 N–H and O–H groups in total. The smallest absolute Gasteiger partial charge is 0.0629 e. The van der Waals surface area contributed by atoms with E-state index in [-0.39, 0.29) is 0 Å². The number of nitrogens with zero attached hydrogens (tertiary/aromatic N) is 1. The molecule has 1 aliphatic carbocycles. The van der Waals surface area contributed by atoms with E-state index >= 15 is 0 Å². The molecule has 1 heterocycles. The number of allylic oxidation sites excluding steroid dienone is 2. The van der Waals surface area contributed by atoms with Gasteiger partial charge >= 0.3 is 0 Å². The molecule has 0 aromatic heterocycles. The lowest BCUT2D eigenvalue weighted by Gasteiger charge is -2.29. The first-order valence-electron chi connectivity index (χ1n) is 7.15. The molecule has 0 saturated carbocycles. The van der Waals surface area contributed by atoms with Crippen molar-refractivity contribution in [1.29, 1.82) is 0 Å². The van der Waals surface area contributed by atoms with Gasteiger partial charge in [-0.3, -0.25) is 0 Å². The molecule has 0 bridgehead atoms. The molecule has 2 aromatic rings. The molecule has 98 valence electrons. The lowest BCUT2D eigenvalue weighted by molar-refractivity contribution is 0.744. The minimum Gasteiger partial charge on any atom is -0.333 e. The molecule has 2 aromatic carbocycles. The van der Waals surface area contributed by atoms with Crippen molar-refractivity contribution >= 4 is 11.4 Å². The maximum atomic E-state index is 2.48. The second kappa shape index (κ2) is 4.38. The fourth-order valence-electron chi connectivity index (χ4n) is 3.45. The van der Waals surface area contributed by atoms with Crippen molar-refractivity contribution < 1.29 is 0 Å². The molecule has 1 heteroatoms. The fourth-order valence-corrected chi connectivity index (χ4v) is 3.45. The van der Waals surface area contributed by atoms with Crippen LogP contribution in [0.5, 0.6) is 0 Å². The van der Waals surface area contributed by atoms with E-state index in [4.69, 9.17) is 0 Å². The van der Waals surface area contributed by atoms with Crippen LogP contribution in [0.2, 0.25) is 0 Å². The second-order valence-electron chi connectivity index (χ2n) is 5.50. The first-order valence-corrected chi connectivity index (χ1v) is 7.15. The van der Waals surface area contributed by atoms with Crippen LogP contribution in [-0.4, -0.2) is 6.04 Å². The summed E-state index contributed by atoms with van der Waals surface area (Å²) in [5, 5.41) is 0. The van der Waals surface area contributed by atoms with Gasteiger partial charge < -0.3 is 4.90 Å². The Morgan fingerprint density at radius 2 is 1.65 bits per heavy atom. The van der Waals surface area contributed by atoms with Crippen LogP contribution in [0.1, 0.15) is 17.0 Å². The van der Waals surface area contributed by atoms with Gasteiger partial charge in [0.15, 0.2) is 0 Å². The molecule has 0 fully saturated rings. The average molecular weight is 259 g/mol. The zero-order chi connectivity index (χ0) is 13.5. The van der Waals surface area contributed by atoms with E-state index in [1.165, 1.54) is 22.5 Å². The summed E-state index contributed by atoms with van der Waals surface area (Å²) in [6.07, 6.45) is 8.98. The maximum Gasteiger partial charge on any atom is 0.0629 e.